The molecule has 1 N–H and O–H groups in total. The van der Waals surface area contributed by atoms with Crippen LogP contribution in [0.25, 0.3) is 0 Å². The zero-order chi connectivity index (χ0) is 9.68. The Labute approximate surface area is 81.4 Å². The molecule has 0 amide bonds. The number of nitrogens with zero attached hydrogens (tertiary/aromatic N) is 1. The fourth-order valence-corrected chi connectivity index (χ4v) is 1.12. The maximum atomic E-state index is 5.63. The summed E-state index contributed by atoms with van der Waals surface area (Å²) in [4.78, 5) is 2.14. The largest absolute Gasteiger partial charge is 0.376 e. The Morgan fingerprint density at radius 2 is 2.15 bits per heavy atom. The van der Waals surface area contributed by atoms with Crippen LogP contribution in [0.15, 0.2) is 0 Å². The molecule has 0 aromatic rings. The smallest absolute Gasteiger partial charge is 0.0672 e. The minimum Gasteiger partial charge on any atom is -0.376 e. The Morgan fingerprint density at radius 1 is 1.46 bits per heavy atom. The zero-order valence-corrected chi connectivity index (χ0v) is 9.05. The maximum Gasteiger partial charge on any atom is 0.0672 e. The van der Waals surface area contributed by atoms with Crippen LogP contribution < -0.4 is 5.32 Å². The van der Waals surface area contributed by atoms with Crippen molar-refractivity contribution in [3.8, 4) is 0 Å². The molecule has 1 atom stereocenters. The fraction of sp³-hybridized carbons (Fsp3) is 1.00. The number of hydrogen-bond acceptors (Lipinski definition) is 3. The van der Waals surface area contributed by atoms with Crippen LogP contribution in [0, 0.1) is 0 Å². The van der Waals surface area contributed by atoms with Crippen molar-refractivity contribution in [2.45, 2.75) is 31.9 Å². The molecule has 1 unspecified atom stereocenters. The van der Waals surface area contributed by atoms with Crippen LogP contribution in [0.3, 0.4) is 0 Å². The summed E-state index contributed by atoms with van der Waals surface area (Å²) in [7, 11) is 4.13. The molecule has 1 aliphatic carbocycles. The van der Waals surface area contributed by atoms with Gasteiger partial charge in [0.25, 0.3) is 0 Å². The van der Waals surface area contributed by atoms with Crippen LogP contribution in [0.5, 0.6) is 0 Å². The number of hydrogen-bond donors (Lipinski definition) is 1. The van der Waals surface area contributed by atoms with Crippen LogP contribution >= 0.6 is 0 Å². The van der Waals surface area contributed by atoms with Crippen molar-refractivity contribution in [2.24, 2.45) is 0 Å². The highest BCUT2D eigenvalue weighted by Crippen LogP contribution is 2.18. The van der Waals surface area contributed by atoms with Crippen LogP contribution in [0.1, 0.15) is 19.8 Å². The summed E-state index contributed by atoms with van der Waals surface area (Å²) >= 11 is 0. The summed E-state index contributed by atoms with van der Waals surface area (Å²) in [5.74, 6) is 0. The summed E-state index contributed by atoms with van der Waals surface area (Å²) in [5.41, 5.74) is 0. The first kappa shape index (κ1) is 11.0. The highest BCUT2D eigenvalue weighted by atomic mass is 16.5. The molecule has 3 nitrogen and oxygen atoms in total. The lowest BCUT2D eigenvalue weighted by Gasteiger charge is -2.15. The minimum atomic E-state index is 0.348. The lowest BCUT2D eigenvalue weighted by molar-refractivity contribution is 0.0558. The molecule has 0 aliphatic heterocycles. The number of likely N-dealkylation sites (N-methyl/N-ethyl adjacent to an activating group) is 1. The summed E-state index contributed by atoms with van der Waals surface area (Å²) < 4.78 is 5.63. The van der Waals surface area contributed by atoms with E-state index in [-0.39, 0.29) is 0 Å². The van der Waals surface area contributed by atoms with Crippen molar-refractivity contribution in [2.75, 3.05) is 33.8 Å². The standard InChI is InChI=1S/C10H22N2O/c1-9(8-11-10-4-5-10)13-7-6-12(2)3/h9-11H,4-8H2,1-3H3. The van der Waals surface area contributed by atoms with E-state index in [4.69, 9.17) is 4.74 Å². The van der Waals surface area contributed by atoms with Gasteiger partial charge >= 0.3 is 0 Å². The Balaban J connectivity index is 1.87. The maximum absolute atomic E-state index is 5.63. The summed E-state index contributed by atoms with van der Waals surface area (Å²) in [6.45, 7) is 4.97. The first-order chi connectivity index (χ1) is 6.18. The molecule has 1 aliphatic rings. The summed E-state index contributed by atoms with van der Waals surface area (Å²) in [5, 5.41) is 3.46. The van der Waals surface area contributed by atoms with Gasteiger partial charge in [-0.25, -0.2) is 0 Å². The van der Waals surface area contributed by atoms with Gasteiger partial charge in [0.15, 0.2) is 0 Å². The molecule has 0 spiro atoms. The summed E-state index contributed by atoms with van der Waals surface area (Å²) in [6.07, 6.45) is 3.05. The van der Waals surface area contributed by atoms with Gasteiger partial charge in [0.1, 0.15) is 0 Å². The molecular weight excluding hydrogens is 164 g/mol. The molecule has 0 saturated heterocycles. The van der Waals surface area contributed by atoms with E-state index in [0.717, 1.165) is 25.7 Å². The number of ether oxygens (including phenoxy) is 1. The van der Waals surface area contributed by atoms with Crippen LogP contribution in [0.2, 0.25) is 0 Å². The quantitative estimate of drug-likeness (QED) is 0.633. The van der Waals surface area contributed by atoms with Crippen molar-refractivity contribution in [1.82, 2.24) is 10.2 Å². The van der Waals surface area contributed by atoms with E-state index in [0.29, 0.717) is 6.10 Å². The van der Waals surface area contributed by atoms with Gasteiger partial charge in [-0.1, -0.05) is 0 Å². The van der Waals surface area contributed by atoms with Crippen molar-refractivity contribution in [3.05, 3.63) is 0 Å². The SMILES string of the molecule is CC(CNC1CC1)OCCN(C)C. The van der Waals surface area contributed by atoms with Crippen LogP contribution in [0.4, 0.5) is 0 Å². The van der Waals surface area contributed by atoms with Gasteiger partial charge < -0.3 is 15.0 Å². The van der Waals surface area contributed by atoms with Crippen molar-refractivity contribution < 1.29 is 4.74 Å². The topological polar surface area (TPSA) is 24.5 Å². The molecule has 13 heavy (non-hydrogen) atoms. The van der Waals surface area contributed by atoms with Crippen molar-refractivity contribution >= 4 is 0 Å². The predicted octanol–water partition coefficient (Wildman–Crippen LogP) is 0.705. The Bertz CT molecular complexity index is 135. The molecule has 0 radical (unpaired) electrons. The van der Waals surface area contributed by atoms with Gasteiger partial charge in [-0.05, 0) is 33.9 Å². The Hall–Kier alpha value is -0.120. The monoisotopic (exact) mass is 186 g/mol. The molecule has 0 aromatic heterocycles. The average molecular weight is 186 g/mol. The third-order valence-corrected chi connectivity index (χ3v) is 2.21. The van der Waals surface area contributed by atoms with E-state index in [2.05, 4.69) is 31.2 Å². The number of nitrogens with one attached hydrogen (secondary N) is 1. The Kier molecular flexibility index (Phi) is 4.70. The van der Waals surface area contributed by atoms with E-state index in [1.165, 1.54) is 12.8 Å². The number of rotatable bonds is 7. The molecule has 0 aromatic carbocycles. The second kappa shape index (κ2) is 5.58. The van der Waals surface area contributed by atoms with E-state index in [9.17, 15) is 0 Å². The van der Waals surface area contributed by atoms with E-state index >= 15 is 0 Å². The normalized spacial score (nSPS) is 19.4. The fourth-order valence-electron chi connectivity index (χ4n) is 1.12. The molecule has 1 rings (SSSR count). The van der Waals surface area contributed by atoms with E-state index in [1.807, 2.05) is 0 Å². The average Bonchev–Trinajstić information content (AvgIpc) is 2.83. The van der Waals surface area contributed by atoms with Gasteiger partial charge in [0, 0.05) is 19.1 Å². The van der Waals surface area contributed by atoms with Crippen LogP contribution in [-0.2, 0) is 4.74 Å². The van der Waals surface area contributed by atoms with Crippen molar-refractivity contribution in [3.63, 3.8) is 0 Å². The lowest BCUT2D eigenvalue weighted by atomic mass is 10.4. The van der Waals surface area contributed by atoms with Gasteiger partial charge in [0.05, 0.1) is 12.7 Å². The molecule has 0 heterocycles. The second-order valence-corrected chi connectivity index (χ2v) is 4.17. The first-order valence-corrected chi connectivity index (χ1v) is 5.18. The van der Waals surface area contributed by atoms with E-state index in [1.54, 1.807) is 0 Å². The van der Waals surface area contributed by atoms with Gasteiger partial charge in [-0.3, -0.25) is 0 Å². The molecule has 1 saturated carbocycles. The molecular formula is C10H22N2O. The van der Waals surface area contributed by atoms with Gasteiger partial charge in [0.2, 0.25) is 0 Å². The second-order valence-electron chi connectivity index (χ2n) is 4.17. The van der Waals surface area contributed by atoms with Crippen LogP contribution in [-0.4, -0.2) is 50.8 Å². The summed E-state index contributed by atoms with van der Waals surface area (Å²) in [6, 6.07) is 0.792. The Morgan fingerprint density at radius 3 is 2.69 bits per heavy atom. The minimum absolute atomic E-state index is 0.348. The van der Waals surface area contributed by atoms with Gasteiger partial charge in [-0.2, -0.15) is 0 Å². The highest BCUT2D eigenvalue weighted by molar-refractivity contribution is 4.81. The molecule has 0 bridgehead atoms. The van der Waals surface area contributed by atoms with E-state index < -0.39 is 0 Å². The third-order valence-electron chi connectivity index (χ3n) is 2.21. The molecule has 3 heteroatoms. The molecule has 78 valence electrons. The molecule has 1 fully saturated rings. The highest BCUT2D eigenvalue weighted by Gasteiger charge is 2.20. The van der Waals surface area contributed by atoms with Crippen molar-refractivity contribution in [1.29, 1.82) is 0 Å². The third kappa shape index (κ3) is 6.02. The lowest BCUT2D eigenvalue weighted by Crippen LogP contribution is -2.30. The van der Waals surface area contributed by atoms with Gasteiger partial charge in [-0.15, -0.1) is 0 Å². The first-order valence-electron chi connectivity index (χ1n) is 5.18. The zero-order valence-electron chi connectivity index (χ0n) is 9.05. The predicted molar refractivity (Wildman–Crippen MR) is 55.0 cm³/mol.